The monoisotopic (exact) mass is 427 g/mol. The lowest BCUT2D eigenvalue weighted by molar-refractivity contribution is -0.139. The number of ether oxygens (including phenoxy) is 2. The van der Waals surface area contributed by atoms with Crippen LogP contribution in [0.15, 0.2) is 60.8 Å². The van der Waals surface area contributed by atoms with E-state index in [9.17, 15) is 9.59 Å². The van der Waals surface area contributed by atoms with Crippen molar-refractivity contribution in [2.45, 2.75) is 6.04 Å². The number of thiocarbonyl (C=S) groups is 1. The van der Waals surface area contributed by atoms with E-state index in [4.69, 9.17) is 26.8 Å². The molecule has 1 heterocycles. The van der Waals surface area contributed by atoms with E-state index in [1.54, 1.807) is 48.5 Å². The third kappa shape index (κ3) is 4.69. The molecule has 8 nitrogen and oxygen atoms in total. The number of para-hydroxylation sites is 3. The number of rotatable bonds is 7. The Morgan fingerprint density at radius 3 is 2.53 bits per heavy atom. The highest BCUT2D eigenvalue weighted by Gasteiger charge is 2.38. The highest BCUT2D eigenvalue weighted by atomic mass is 32.1. The third-order valence-electron chi connectivity index (χ3n) is 4.52. The molecular formula is C21H21N3O5S. The Balaban J connectivity index is 1.94. The smallest absolute Gasteiger partial charge is 0.341 e. The van der Waals surface area contributed by atoms with Crippen LogP contribution in [0.3, 0.4) is 0 Å². The standard InChI is InChI=1S/C21H21N3O5S/c1-12-18(20(27)23-14-8-4-6-10-16(14)28-2)19(24-21(30)22-12)13-7-3-5-9-15(13)29-11-17(25)26/h3-10,18-19H,1,11H2,2H3,(H,23,27)(H,25,26)(H2,22,24,30)/t18-,19+/m0/s1. The Bertz CT molecular complexity index is 994. The van der Waals surface area contributed by atoms with Gasteiger partial charge in [-0.1, -0.05) is 36.9 Å². The summed E-state index contributed by atoms with van der Waals surface area (Å²) in [6, 6.07) is 13.3. The van der Waals surface area contributed by atoms with Crippen LogP contribution in [-0.2, 0) is 9.59 Å². The molecule has 1 amide bonds. The van der Waals surface area contributed by atoms with Crippen molar-refractivity contribution in [3.63, 3.8) is 0 Å². The van der Waals surface area contributed by atoms with Crippen LogP contribution >= 0.6 is 12.2 Å². The minimum absolute atomic E-state index is 0.305. The van der Waals surface area contributed by atoms with Crippen molar-refractivity contribution in [3.05, 3.63) is 66.4 Å². The number of methoxy groups -OCH3 is 1. The van der Waals surface area contributed by atoms with Crippen LogP contribution < -0.4 is 25.4 Å². The maximum absolute atomic E-state index is 13.2. The van der Waals surface area contributed by atoms with Gasteiger partial charge in [-0.25, -0.2) is 4.79 Å². The van der Waals surface area contributed by atoms with E-state index in [1.165, 1.54) is 7.11 Å². The van der Waals surface area contributed by atoms with Gasteiger partial charge in [-0.15, -0.1) is 0 Å². The number of hydrogen-bond donors (Lipinski definition) is 4. The third-order valence-corrected chi connectivity index (χ3v) is 4.74. The van der Waals surface area contributed by atoms with Crippen LogP contribution in [0.2, 0.25) is 0 Å². The van der Waals surface area contributed by atoms with Gasteiger partial charge in [0.15, 0.2) is 11.7 Å². The summed E-state index contributed by atoms with van der Waals surface area (Å²) in [5, 5.41) is 18.1. The van der Waals surface area contributed by atoms with E-state index in [0.29, 0.717) is 33.6 Å². The van der Waals surface area contributed by atoms with E-state index in [0.717, 1.165) is 0 Å². The van der Waals surface area contributed by atoms with Crippen LogP contribution in [0.25, 0.3) is 0 Å². The predicted octanol–water partition coefficient (Wildman–Crippen LogP) is 2.45. The molecule has 3 rings (SSSR count). The summed E-state index contributed by atoms with van der Waals surface area (Å²) < 4.78 is 10.7. The zero-order valence-electron chi connectivity index (χ0n) is 16.2. The predicted molar refractivity (Wildman–Crippen MR) is 115 cm³/mol. The Morgan fingerprint density at radius 1 is 1.17 bits per heavy atom. The normalized spacial score (nSPS) is 18.0. The van der Waals surface area contributed by atoms with Gasteiger partial charge in [0.05, 0.1) is 18.8 Å². The first-order valence-corrected chi connectivity index (χ1v) is 9.45. The summed E-state index contributed by atoms with van der Waals surface area (Å²) in [6.45, 7) is 3.46. The molecule has 2 aromatic carbocycles. The van der Waals surface area contributed by atoms with Crippen LogP contribution in [-0.4, -0.2) is 35.8 Å². The first-order chi connectivity index (χ1) is 14.4. The molecule has 0 aromatic heterocycles. The fourth-order valence-corrected chi connectivity index (χ4v) is 3.48. The molecule has 30 heavy (non-hydrogen) atoms. The summed E-state index contributed by atoms with van der Waals surface area (Å²) in [4.78, 5) is 24.2. The fourth-order valence-electron chi connectivity index (χ4n) is 3.22. The number of amides is 1. The Morgan fingerprint density at radius 2 is 1.83 bits per heavy atom. The number of benzene rings is 2. The molecule has 1 aliphatic heterocycles. The maximum Gasteiger partial charge on any atom is 0.341 e. The number of carbonyl (C=O) groups is 2. The maximum atomic E-state index is 13.2. The lowest BCUT2D eigenvalue weighted by Gasteiger charge is -2.36. The zero-order valence-corrected chi connectivity index (χ0v) is 17.0. The molecule has 2 atom stereocenters. The van der Waals surface area contributed by atoms with Crippen molar-refractivity contribution in [1.29, 1.82) is 0 Å². The number of nitrogens with one attached hydrogen (secondary N) is 3. The largest absolute Gasteiger partial charge is 0.495 e. The quantitative estimate of drug-likeness (QED) is 0.499. The molecule has 0 radical (unpaired) electrons. The zero-order chi connectivity index (χ0) is 21.7. The minimum Gasteiger partial charge on any atom is -0.495 e. The summed E-state index contributed by atoms with van der Waals surface area (Å²) in [6.07, 6.45) is 0. The van der Waals surface area contributed by atoms with Crippen molar-refractivity contribution in [2.75, 3.05) is 19.0 Å². The van der Waals surface area contributed by atoms with Crippen molar-refractivity contribution >= 4 is 34.9 Å². The van der Waals surface area contributed by atoms with Gasteiger partial charge < -0.3 is 30.5 Å². The van der Waals surface area contributed by atoms with Gasteiger partial charge in [0.1, 0.15) is 17.4 Å². The SMILES string of the molecule is C=C1NC(=S)N[C@H](c2ccccc2OCC(=O)O)[C@H]1C(=O)Nc1ccccc1OC. The lowest BCUT2D eigenvalue weighted by atomic mass is 9.87. The summed E-state index contributed by atoms with van der Waals surface area (Å²) >= 11 is 5.25. The van der Waals surface area contributed by atoms with Crippen molar-refractivity contribution < 1.29 is 24.2 Å². The van der Waals surface area contributed by atoms with Crippen LogP contribution in [0, 0.1) is 5.92 Å². The second-order valence-corrected chi connectivity index (χ2v) is 6.90. The molecule has 0 saturated carbocycles. The average molecular weight is 427 g/mol. The highest BCUT2D eigenvalue weighted by molar-refractivity contribution is 7.80. The second kappa shape index (κ2) is 9.27. The van der Waals surface area contributed by atoms with E-state index in [-0.39, 0.29) is 5.91 Å². The molecule has 0 aliphatic carbocycles. The molecule has 1 saturated heterocycles. The van der Waals surface area contributed by atoms with E-state index < -0.39 is 24.5 Å². The molecular weight excluding hydrogens is 406 g/mol. The number of carboxylic acid groups (broad SMARTS) is 1. The van der Waals surface area contributed by atoms with E-state index in [1.807, 2.05) is 0 Å². The first-order valence-electron chi connectivity index (χ1n) is 9.04. The Hall–Kier alpha value is -3.59. The van der Waals surface area contributed by atoms with Gasteiger partial charge in [-0.2, -0.15) is 0 Å². The summed E-state index contributed by atoms with van der Waals surface area (Å²) in [5.41, 5.74) is 1.51. The molecule has 2 aromatic rings. The minimum atomic E-state index is -1.10. The van der Waals surface area contributed by atoms with Crippen LogP contribution in [0.5, 0.6) is 11.5 Å². The van der Waals surface area contributed by atoms with Crippen molar-refractivity contribution in [3.8, 4) is 11.5 Å². The Labute approximate surface area is 178 Å². The molecule has 0 bridgehead atoms. The molecule has 9 heteroatoms. The lowest BCUT2D eigenvalue weighted by Crippen LogP contribution is -2.51. The van der Waals surface area contributed by atoms with Gasteiger partial charge >= 0.3 is 5.97 Å². The summed E-state index contributed by atoms with van der Waals surface area (Å²) in [5.74, 6) is -1.36. The van der Waals surface area contributed by atoms with Gasteiger partial charge in [-0.05, 0) is 30.4 Å². The molecule has 4 N–H and O–H groups in total. The van der Waals surface area contributed by atoms with Gasteiger partial charge in [0.2, 0.25) is 5.91 Å². The number of hydrogen-bond acceptors (Lipinski definition) is 5. The molecule has 0 unspecified atom stereocenters. The van der Waals surface area contributed by atoms with Gasteiger partial charge in [0.25, 0.3) is 0 Å². The topological polar surface area (TPSA) is 109 Å². The number of carbonyl (C=O) groups excluding carboxylic acids is 1. The molecule has 156 valence electrons. The average Bonchev–Trinajstić information content (AvgIpc) is 2.72. The van der Waals surface area contributed by atoms with Crippen LogP contribution in [0.4, 0.5) is 5.69 Å². The number of anilines is 1. The molecule has 1 aliphatic rings. The number of aliphatic carboxylic acids is 1. The second-order valence-electron chi connectivity index (χ2n) is 6.49. The number of carboxylic acids is 1. The summed E-state index contributed by atoms with van der Waals surface area (Å²) in [7, 11) is 1.52. The molecule has 1 fully saturated rings. The Kier molecular flexibility index (Phi) is 6.53. The van der Waals surface area contributed by atoms with E-state index in [2.05, 4.69) is 22.5 Å². The van der Waals surface area contributed by atoms with Crippen LogP contribution in [0.1, 0.15) is 11.6 Å². The van der Waals surface area contributed by atoms with Crippen molar-refractivity contribution in [2.24, 2.45) is 5.92 Å². The fraction of sp³-hybridized carbons (Fsp3) is 0.190. The highest BCUT2D eigenvalue weighted by Crippen LogP contribution is 2.36. The molecule has 0 spiro atoms. The van der Waals surface area contributed by atoms with Gasteiger partial charge in [0, 0.05) is 11.3 Å². The van der Waals surface area contributed by atoms with Crippen molar-refractivity contribution in [1.82, 2.24) is 10.6 Å². The first kappa shape index (κ1) is 21.1. The van der Waals surface area contributed by atoms with Gasteiger partial charge in [-0.3, -0.25) is 4.79 Å². The van der Waals surface area contributed by atoms with E-state index >= 15 is 0 Å².